The molecule has 0 spiro atoms. The zero-order valence-corrected chi connectivity index (χ0v) is 12.3. The number of benzene rings is 1. The molecule has 112 valence electrons. The largest absolute Gasteiger partial charge is 0.494 e. The summed E-state index contributed by atoms with van der Waals surface area (Å²) in [6.45, 7) is 3.10. The van der Waals surface area contributed by atoms with E-state index in [2.05, 4.69) is 10.4 Å². The predicted molar refractivity (Wildman–Crippen MR) is 80.9 cm³/mol. The summed E-state index contributed by atoms with van der Waals surface area (Å²) >= 11 is 0. The number of nitrogens with one attached hydrogen (secondary N) is 1. The van der Waals surface area contributed by atoms with Gasteiger partial charge in [0.05, 0.1) is 7.11 Å². The van der Waals surface area contributed by atoms with Gasteiger partial charge in [-0.3, -0.25) is 4.79 Å². The molecule has 1 heterocycles. The van der Waals surface area contributed by atoms with Gasteiger partial charge in [-0.2, -0.15) is 5.10 Å². The number of carbonyl (C=O) groups excluding carboxylic acids is 1. The van der Waals surface area contributed by atoms with Crippen LogP contribution in [-0.2, 0) is 0 Å². The van der Waals surface area contributed by atoms with E-state index in [9.17, 15) is 4.79 Å². The van der Waals surface area contributed by atoms with E-state index in [0.29, 0.717) is 24.5 Å². The van der Waals surface area contributed by atoms with Gasteiger partial charge in [0, 0.05) is 12.7 Å². The number of hydrogen-bond acceptors (Lipinski definition) is 4. The maximum atomic E-state index is 11.9. The number of aryl methyl sites for hydroxylation is 1. The molecule has 0 saturated heterocycles. The minimum atomic E-state index is -0.200. The molecule has 1 aromatic carbocycles. The van der Waals surface area contributed by atoms with Crippen LogP contribution in [0.25, 0.3) is 5.69 Å². The van der Waals surface area contributed by atoms with E-state index in [-0.39, 0.29) is 5.91 Å². The number of ether oxygens (including phenoxy) is 1. The summed E-state index contributed by atoms with van der Waals surface area (Å²) < 4.78 is 6.97. The van der Waals surface area contributed by atoms with Gasteiger partial charge in [0.1, 0.15) is 11.4 Å². The normalized spacial score (nSPS) is 10.4. The Morgan fingerprint density at radius 1 is 1.43 bits per heavy atom. The van der Waals surface area contributed by atoms with E-state index in [4.69, 9.17) is 10.5 Å². The molecule has 1 amide bonds. The summed E-state index contributed by atoms with van der Waals surface area (Å²) in [7, 11) is 1.61. The van der Waals surface area contributed by atoms with Crippen molar-refractivity contribution in [2.45, 2.75) is 13.3 Å². The van der Waals surface area contributed by atoms with Crippen molar-refractivity contribution in [2.75, 3.05) is 20.2 Å². The molecule has 0 aliphatic carbocycles. The van der Waals surface area contributed by atoms with Crippen molar-refractivity contribution in [1.82, 2.24) is 15.1 Å². The van der Waals surface area contributed by atoms with Crippen LogP contribution in [0.5, 0.6) is 5.75 Å². The Labute approximate surface area is 123 Å². The Morgan fingerprint density at radius 2 is 2.24 bits per heavy atom. The number of nitrogens with two attached hydrogens (primary N) is 1. The van der Waals surface area contributed by atoms with E-state index < -0.39 is 0 Å². The number of nitrogens with zero attached hydrogens (tertiary/aromatic N) is 2. The van der Waals surface area contributed by atoms with E-state index in [1.807, 2.05) is 25.1 Å². The van der Waals surface area contributed by atoms with Crippen LogP contribution in [-0.4, -0.2) is 35.9 Å². The van der Waals surface area contributed by atoms with E-state index in [0.717, 1.165) is 17.7 Å². The summed E-state index contributed by atoms with van der Waals surface area (Å²) in [6.07, 6.45) is 2.49. The van der Waals surface area contributed by atoms with Crippen molar-refractivity contribution >= 4 is 5.91 Å². The maximum Gasteiger partial charge on any atom is 0.271 e. The van der Waals surface area contributed by atoms with Gasteiger partial charge < -0.3 is 15.8 Å². The molecule has 3 N–H and O–H groups in total. The molecule has 0 fully saturated rings. The smallest absolute Gasteiger partial charge is 0.271 e. The van der Waals surface area contributed by atoms with Crippen molar-refractivity contribution < 1.29 is 9.53 Å². The minimum absolute atomic E-state index is 0.200. The number of hydrogen-bond donors (Lipinski definition) is 2. The van der Waals surface area contributed by atoms with E-state index >= 15 is 0 Å². The first-order chi connectivity index (χ1) is 10.2. The first kappa shape index (κ1) is 15.1. The third-order valence-electron chi connectivity index (χ3n) is 3.07. The third-order valence-corrected chi connectivity index (χ3v) is 3.07. The van der Waals surface area contributed by atoms with Crippen LogP contribution in [0.3, 0.4) is 0 Å². The van der Waals surface area contributed by atoms with Crippen LogP contribution in [0.4, 0.5) is 0 Å². The monoisotopic (exact) mass is 288 g/mol. The van der Waals surface area contributed by atoms with Crippen LogP contribution in [0, 0.1) is 6.92 Å². The molecule has 0 bridgehead atoms. The van der Waals surface area contributed by atoms with Gasteiger partial charge in [-0.15, -0.1) is 0 Å². The lowest BCUT2D eigenvalue weighted by Crippen LogP contribution is -2.26. The molecule has 6 heteroatoms. The van der Waals surface area contributed by atoms with E-state index in [1.54, 1.807) is 24.1 Å². The Kier molecular flexibility index (Phi) is 4.94. The minimum Gasteiger partial charge on any atom is -0.494 e. The van der Waals surface area contributed by atoms with E-state index in [1.165, 1.54) is 0 Å². The first-order valence-corrected chi connectivity index (χ1v) is 6.84. The van der Waals surface area contributed by atoms with Gasteiger partial charge >= 0.3 is 0 Å². The van der Waals surface area contributed by atoms with Crippen molar-refractivity contribution in [3.63, 3.8) is 0 Å². The van der Waals surface area contributed by atoms with Crippen molar-refractivity contribution in [1.29, 1.82) is 0 Å². The van der Waals surface area contributed by atoms with Crippen LogP contribution < -0.4 is 15.8 Å². The molecule has 2 rings (SSSR count). The highest BCUT2D eigenvalue weighted by Crippen LogP contribution is 2.23. The summed E-state index contributed by atoms with van der Waals surface area (Å²) in [5.41, 5.74) is 7.66. The van der Waals surface area contributed by atoms with Crippen molar-refractivity contribution in [2.24, 2.45) is 5.73 Å². The molecular weight excluding hydrogens is 268 g/mol. The Bertz CT molecular complexity index is 622. The Morgan fingerprint density at radius 3 is 2.95 bits per heavy atom. The lowest BCUT2D eigenvalue weighted by atomic mass is 10.2. The highest BCUT2D eigenvalue weighted by Gasteiger charge is 2.12. The molecule has 6 nitrogen and oxygen atoms in total. The summed E-state index contributed by atoms with van der Waals surface area (Å²) in [5, 5.41) is 7.08. The molecule has 0 radical (unpaired) electrons. The second-order valence-electron chi connectivity index (χ2n) is 4.72. The van der Waals surface area contributed by atoms with Gasteiger partial charge in [0.15, 0.2) is 5.69 Å². The van der Waals surface area contributed by atoms with Crippen LogP contribution >= 0.6 is 0 Å². The highest BCUT2D eigenvalue weighted by atomic mass is 16.5. The number of carbonyl (C=O) groups is 1. The van der Waals surface area contributed by atoms with Gasteiger partial charge in [-0.05, 0) is 43.7 Å². The standard InChI is InChI=1S/C15H20N4O2/c1-11-4-5-14(21-2)13(10-11)19-9-6-12(18-19)15(20)17-8-3-7-16/h4-6,9-10H,3,7-8,16H2,1-2H3,(H,17,20). The molecule has 0 unspecified atom stereocenters. The summed E-state index contributed by atoms with van der Waals surface area (Å²) in [6, 6.07) is 7.49. The maximum absolute atomic E-state index is 11.9. The van der Waals surface area contributed by atoms with Gasteiger partial charge in [0.2, 0.25) is 0 Å². The first-order valence-electron chi connectivity index (χ1n) is 6.84. The molecule has 0 aliphatic rings. The molecule has 0 aliphatic heterocycles. The average Bonchev–Trinajstić information content (AvgIpc) is 2.97. The number of amides is 1. The zero-order valence-electron chi connectivity index (χ0n) is 12.3. The third kappa shape index (κ3) is 3.61. The average molecular weight is 288 g/mol. The fraction of sp³-hybridized carbons (Fsp3) is 0.333. The summed E-state index contributed by atoms with van der Waals surface area (Å²) in [5.74, 6) is 0.507. The van der Waals surface area contributed by atoms with Gasteiger partial charge in [-0.1, -0.05) is 6.07 Å². The molecule has 21 heavy (non-hydrogen) atoms. The quantitative estimate of drug-likeness (QED) is 0.784. The SMILES string of the molecule is COc1ccc(C)cc1-n1ccc(C(=O)NCCCN)n1. The lowest BCUT2D eigenvalue weighted by molar-refractivity contribution is 0.0948. The lowest BCUT2D eigenvalue weighted by Gasteiger charge is -2.09. The fourth-order valence-corrected chi connectivity index (χ4v) is 1.95. The number of methoxy groups -OCH3 is 1. The van der Waals surface area contributed by atoms with Gasteiger partial charge in [0.25, 0.3) is 5.91 Å². The highest BCUT2D eigenvalue weighted by molar-refractivity contribution is 5.92. The zero-order chi connectivity index (χ0) is 15.2. The molecule has 2 aromatic rings. The molecule has 1 aromatic heterocycles. The second kappa shape index (κ2) is 6.90. The number of aromatic nitrogens is 2. The van der Waals surface area contributed by atoms with Gasteiger partial charge in [-0.25, -0.2) is 4.68 Å². The molecular formula is C15H20N4O2. The predicted octanol–water partition coefficient (Wildman–Crippen LogP) is 1.27. The van der Waals surface area contributed by atoms with Crippen LogP contribution in [0.15, 0.2) is 30.5 Å². The number of rotatable bonds is 6. The second-order valence-corrected chi connectivity index (χ2v) is 4.72. The summed E-state index contributed by atoms with van der Waals surface area (Å²) in [4.78, 5) is 11.9. The van der Waals surface area contributed by atoms with Crippen LogP contribution in [0.1, 0.15) is 22.5 Å². The van der Waals surface area contributed by atoms with Crippen molar-refractivity contribution in [3.8, 4) is 11.4 Å². The topological polar surface area (TPSA) is 82.2 Å². The molecule has 0 saturated carbocycles. The van der Waals surface area contributed by atoms with Crippen LogP contribution in [0.2, 0.25) is 0 Å². The van der Waals surface area contributed by atoms with Crippen molar-refractivity contribution in [3.05, 3.63) is 41.7 Å². The Balaban J connectivity index is 2.20. The molecule has 0 atom stereocenters. The fourth-order valence-electron chi connectivity index (χ4n) is 1.95. The Hall–Kier alpha value is -2.34.